The maximum absolute atomic E-state index is 11.0. The molecule has 0 bridgehead atoms. The Labute approximate surface area is 68.7 Å². The molecule has 0 unspecified atom stereocenters. The first-order chi connectivity index (χ1) is 5.75. The van der Waals surface area contributed by atoms with Gasteiger partial charge in [-0.1, -0.05) is 0 Å². The summed E-state index contributed by atoms with van der Waals surface area (Å²) < 4.78 is 0. The zero-order valence-electron chi connectivity index (χ0n) is 6.29. The lowest BCUT2D eigenvalue weighted by Gasteiger charge is -2.23. The second-order valence-corrected chi connectivity index (χ2v) is 2.29. The first kappa shape index (κ1) is 8.98. The fraction of sp³-hybridized carbons (Fsp3) is 0.500. The van der Waals surface area contributed by atoms with Crippen LogP contribution in [0.15, 0.2) is 0 Å². The molecular weight excluding hydrogens is 162 g/mol. The molecular formula is C6H9N3O3. The summed E-state index contributed by atoms with van der Waals surface area (Å²) in [6.45, 7) is 0.880. The molecule has 6 heteroatoms. The fourth-order valence-electron chi connectivity index (χ4n) is 0.869. The lowest BCUT2D eigenvalue weighted by molar-refractivity contribution is -0.141. The molecule has 1 aliphatic heterocycles. The van der Waals surface area contributed by atoms with Crippen molar-refractivity contribution in [1.29, 1.82) is 0 Å². The summed E-state index contributed by atoms with van der Waals surface area (Å²) in [6, 6.07) is 0. The van der Waals surface area contributed by atoms with E-state index in [1.807, 2.05) is 0 Å². The van der Waals surface area contributed by atoms with Crippen molar-refractivity contribution in [3.8, 4) is 0 Å². The number of nitrogens with one attached hydrogen (secondary N) is 3. The Morgan fingerprint density at radius 2 is 1.83 bits per heavy atom. The van der Waals surface area contributed by atoms with Gasteiger partial charge in [-0.15, -0.1) is 0 Å². The fourth-order valence-corrected chi connectivity index (χ4v) is 0.869. The number of ketones is 2. The topological polar surface area (TPSA) is 87.3 Å². The van der Waals surface area contributed by atoms with Crippen molar-refractivity contribution in [2.24, 2.45) is 0 Å². The van der Waals surface area contributed by atoms with E-state index in [-0.39, 0.29) is 6.29 Å². The molecule has 0 aromatic rings. The molecule has 1 aliphatic rings. The van der Waals surface area contributed by atoms with Crippen LogP contribution in [0.5, 0.6) is 0 Å². The summed E-state index contributed by atoms with van der Waals surface area (Å²) >= 11 is 0. The summed E-state index contributed by atoms with van der Waals surface area (Å²) in [5.74, 6) is -1.76. The predicted molar refractivity (Wildman–Crippen MR) is 39.0 cm³/mol. The van der Waals surface area contributed by atoms with E-state index in [9.17, 15) is 14.4 Å². The van der Waals surface area contributed by atoms with Gasteiger partial charge in [0.05, 0.1) is 0 Å². The van der Waals surface area contributed by atoms with Crippen LogP contribution >= 0.6 is 0 Å². The van der Waals surface area contributed by atoms with E-state index in [4.69, 9.17) is 0 Å². The van der Waals surface area contributed by atoms with Gasteiger partial charge in [0.1, 0.15) is 6.17 Å². The van der Waals surface area contributed by atoms with E-state index in [1.165, 1.54) is 0 Å². The van der Waals surface area contributed by atoms with E-state index >= 15 is 0 Å². The van der Waals surface area contributed by atoms with E-state index in [0.717, 1.165) is 0 Å². The molecule has 0 aromatic heterocycles. The zero-order valence-corrected chi connectivity index (χ0v) is 6.29. The highest BCUT2D eigenvalue weighted by molar-refractivity contribution is 6.58. The van der Waals surface area contributed by atoms with Gasteiger partial charge in [0.2, 0.25) is 5.78 Å². The Morgan fingerprint density at radius 1 is 1.25 bits per heavy atom. The molecule has 1 rings (SSSR count). The Balaban J connectivity index is 2.50. The Bertz CT molecular complexity index is 210. The predicted octanol–water partition coefficient (Wildman–Crippen LogP) is -2.65. The van der Waals surface area contributed by atoms with Crippen molar-refractivity contribution in [3.63, 3.8) is 0 Å². The summed E-state index contributed by atoms with van der Waals surface area (Å²) in [6.07, 6.45) is -0.711. The van der Waals surface area contributed by atoms with Crippen LogP contribution < -0.4 is 16.0 Å². The molecule has 0 aliphatic carbocycles. The van der Waals surface area contributed by atoms with E-state index < -0.39 is 17.7 Å². The monoisotopic (exact) mass is 171 g/mol. The van der Waals surface area contributed by atoms with Gasteiger partial charge in [0.25, 0.3) is 5.78 Å². The highest BCUT2D eigenvalue weighted by Crippen LogP contribution is 1.84. The molecule has 66 valence electrons. The summed E-state index contributed by atoms with van der Waals surface area (Å²) in [5, 5.41) is 8.22. The summed E-state index contributed by atoms with van der Waals surface area (Å²) in [7, 11) is 0. The SMILES string of the molecule is O=CC(=O)C(=O)C1NCNCN1. The molecule has 0 spiro atoms. The lowest BCUT2D eigenvalue weighted by Crippen LogP contribution is -2.60. The van der Waals surface area contributed by atoms with Crippen molar-refractivity contribution in [2.75, 3.05) is 13.3 Å². The largest absolute Gasteiger partial charge is 0.294 e. The third-order valence-corrected chi connectivity index (χ3v) is 1.47. The molecule has 6 nitrogen and oxygen atoms in total. The van der Waals surface area contributed by atoms with Crippen LogP contribution in [0.25, 0.3) is 0 Å². The molecule has 1 heterocycles. The normalized spacial score (nSPS) is 18.7. The number of hydrogen-bond acceptors (Lipinski definition) is 6. The molecule has 0 atom stereocenters. The van der Waals surface area contributed by atoms with Gasteiger partial charge < -0.3 is 0 Å². The van der Waals surface area contributed by atoms with E-state index in [1.54, 1.807) is 0 Å². The molecule has 0 saturated carbocycles. The molecule has 1 saturated heterocycles. The van der Waals surface area contributed by atoms with Gasteiger partial charge >= 0.3 is 0 Å². The molecule has 1 fully saturated rings. The van der Waals surface area contributed by atoms with Crippen molar-refractivity contribution in [3.05, 3.63) is 0 Å². The quantitative estimate of drug-likeness (QED) is 0.244. The van der Waals surface area contributed by atoms with Crippen molar-refractivity contribution >= 4 is 17.9 Å². The second-order valence-electron chi connectivity index (χ2n) is 2.29. The van der Waals surface area contributed by atoms with Gasteiger partial charge in [0.15, 0.2) is 6.29 Å². The van der Waals surface area contributed by atoms with Crippen LogP contribution in [0.1, 0.15) is 0 Å². The Hall–Kier alpha value is -1.11. The molecule has 0 radical (unpaired) electrons. The number of carbonyl (C=O) groups is 3. The zero-order chi connectivity index (χ0) is 8.97. The van der Waals surface area contributed by atoms with Gasteiger partial charge in [0, 0.05) is 13.3 Å². The van der Waals surface area contributed by atoms with Crippen LogP contribution in [0.3, 0.4) is 0 Å². The van der Waals surface area contributed by atoms with Crippen molar-refractivity contribution < 1.29 is 14.4 Å². The highest BCUT2D eigenvalue weighted by atomic mass is 16.2. The molecule has 3 N–H and O–H groups in total. The number of aldehydes is 1. The lowest BCUT2D eigenvalue weighted by atomic mass is 10.2. The smallest absolute Gasteiger partial charge is 0.263 e. The third-order valence-electron chi connectivity index (χ3n) is 1.47. The van der Waals surface area contributed by atoms with Gasteiger partial charge in [-0.2, -0.15) is 0 Å². The van der Waals surface area contributed by atoms with Gasteiger partial charge in [-0.25, -0.2) is 0 Å². The van der Waals surface area contributed by atoms with Crippen LogP contribution in [0.2, 0.25) is 0 Å². The average Bonchev–Trinajstić information content (AvgIpc) is 2.17. The summed E-state index contributed by atoms with van der Waals surface area (Å²) in [5.41, 5.74) is 0. The van der Waals surface area contributed by atoms with Gasteiger partial charge in [-0.3, -0.25) is 30.3 Å². The van der Waals surface area contributed by atoms with Crippen LogP contribution in [0.4, 0.5) is 0 Å². The maximum atomic E-state index is 11.0. The average molecular weight is 171 g/mol. The molecule has 0 amide bonds. The number of hydrogen-bond donors (Lipinski definition) is 3. The number of Topliss-reactive ketones (excluding diaryl/α,β-unsaturated/α-hetero) is 2. The van der Waals surface area contributed by atoms with Crippen LogP contribution in [0, 0.1) is 0 Å². The minimum atomic E-state index is -1.01. The van der Waals surface area contributed by atoms with Crippen LogP contribution in [-0.4, -0.2) is 37.4 Å². The Kier molecular flexibility index (Phi) is 3.03. The first-order valence-corrected chi connectivity index (χ1v) is 3.46. The first-order valence-electron chi connectivity index (χ1n) is 3.46. The van der Waals surface area contributed by atoms with Crippen LogP contribution in [-0.2, 0) is 14.4 Å². The molecule has 12 heavy (non-hydrogen) atoms. The third kappa shape index (κ3) is 1.94. The van der Waals surface area contributed by atoms with E-state index in [2.05, 4.69) is 16.0 Å². The maximum Gasteiger partial charge on any atom is 0.263 e. The summed E-state index contributed by atoms with van der Waals surface area (Å²) in [4.78, 5) is 31.5. The minimum absolute atomic E-state index is 0.0216. The van der Waals surface area contributed by atoms with Gasteiger partial charge in [-0.05, 0) is 0 Å². The minimum Gasteiger partial charge on any atom is -0.294 e. The Morgan fingerprint density at radius 3 is 2.33 bits per heavy atom. The second kappa shape index (κ2) is 4.05. The van der Waals surface area contributed by atoms with E-state index in [0.29, 0.717) is 13.3 Å². The van der Waals surface area contributed by atoms with Crippen molar-refractivity contribution in [2.45, 2.75) is 6.17 Å². The molecule has 0 aromatic carbocycles. The number of rotatable bonds is 3. The standard InChI is InChI=1S/C6H9N3O3/c10-1-4(11)5(12)6-8-2-7-3-9-6/h1,6-9H,2-3H2. The number of carbonyl (C=O) groups excluding carboxylic acids is 3. The highest BCUT2D eigenvalue weighted by Gasteiger charge is 2.25. The van der Waals surface area contributed by atoms with Crippen molar-refractivity contribution in [1.82, 2.24) is 16.0 Å².